The van der Waals surface area contributed by atoms with Crippen LogP contribution in [0.1, 0.15) is 55.3 Å². The molecule has 2 aromatic rings. The lowest BCUT2D eigenvalue weighted by molar-refractivity contribution is -0.139. The first kappa shape index (κ1) is 22.4. The molecule has 164 valence electrons. The average molecular weight is 424 g/mol. The summed E-state index contributed by atoms with van der Waals surface area (Å²) in [6.45, 7) is 4.45. The fourth-order valence-corrected chi connectivity index (χ4v) is 3.90. The monoisotopic (exact) mass is 423 g/mol. The number of benzene rings is 2. The molecule has 0 spiro atoms. The van der Waals surface area contributed by atoms with Gasteiger partial charge in [0.15, 0.2) is 11.5 Å². The Hall–Kier alpha value is -3.28. The largest absolute Gasteiger partial charge is 0.507 e. The van der Waals surface area contributed by atoms with E-state index in [4.69, 9.17) is 4.74 Å². The van der Waals surface area contributed by atoms with E-state index in [2.05, 4.69) is 6.92 Å². The first-order chi connectivity index (χ1) is 14.9. The molecule has 6 heteroatoms. The summed E-state index contributed by atoms with van der Waals surface area (Å²) in [5.41, 5.74) is 2.15. The minimum atomic E-state index is -0.752. The second-order valence-electron chi connectivity index (χ2n) is 7.85. The van der Waals surface area contributed by atoms with Gasteiger partial charge in [-0.15, -0.1) is 0 Å². The predicted molar refractivity (Wildman–Crippen MR) is 119 cm³/mol. The highest BCUT2D eigenvalue weighted by Crippen LogP contribution is 2.41. The summed E-state index contributed by atoms with van der Waals surface area (Å²) in [5.74, 6) is -1.33. The van der Waals surface area contributed by atoms with Gasteiger partial charge in [0, 0.05) is 12.1 Å². The number of ether oxygens (including phenoxy) is 1. The van der Waals surface area contributed by atoms with Gasteiger partial charge >= 0.3 is 0 Å². The van der Waals surface area contributed by atoms with Crippen LogP contribution in [0, 0.1) is 6.92 Å². The molecule has 31 heavy (non-hydrogen) atoms. The highest BCUT2D eigenvalue weighted by molar-refractivity contribution is 6.46. The van der Waals surface area contributed by atoms with E-state index in [1.165, 1.54) is 18.1 Å². The van der Waals surface area contributed by atoms with Gasteiger partial charge in [0.25, 0.3) is 11.7 Å². The molecule has 1 saturated heterocycles. The number of likely N-dealkylation sites (tertiary alicyclic amines) is 1. The van der Waals surface area contributed by atoms with Crippen molar-refractivity contribution in [2.24, 2.45) is 0 Å². The van der Waals surface area contributed by atoms with Gasteiger partial charge in [0.1, 0.15) is 5.76 Å². The zero-order chi connectivity index (χ0) is 22.5. The van der Waals surface area contributed by atoms with Crippen LogP contribution in [0.4, 0.5) is 0 Å². The normalized spacial score (nSPS) is 17.9. The molecule has 1 amide bonds. The Morgan fingerprint density at radius 2 is 1.77 bits per heavy atom. The van der Waals surface area contributed by atoms with Crippen LogP contribution in [0.15, 0.2) is 48.0 Å². The van der Waals surface area contributed by atoms with Gasteiger partial charge in [-0.3, -0.25) is 9.59 Å². The van der Waals surface area contributed by atoms with Crippen LogP contribution in [-0.2, 0) is 9.59 Å². The molecule has 1 aliphatic rings. The number of carbonyl (C=O) groups excluding carboxylic acids is 2. The number of rotatable bonds is 8. The fraction of sp³-hybridized carbons (Fsp3) is 0.360. The third kappa shape index (κ3) is 4.58. The number of Topliss-reactive ketones (excluding diaryl/α,β-unsaturated/α-hetero) is 1. The van der Waals surface area contributed by atoms with E-state index in [0.717, 1.165) is 31.2 Å². The zero-order valence-corrected chi connectivity index (χ0v) is 18.2. The molecule has 6 nitrogen and oxygen atoms in total. The quantitative estimate of drug-likeness (QED) is 0.278. The topological polar surface area (TPSA) is 87.1 Å². The molecule has 3 rings (SSSR count). The Kier molecular flexibility index (Phi) is 7.00. The summed E-state index contributed by atoms with van der Waals surface area (Å²) in [6, 6.07) is 11.1. The maximum Gasteiger partial charge on any atom is 0.295 e. The summed E-state index contributed by atoms with van der Waals surface area (Å²) < 4.78 is 5.22. The van der Waals surface area contributed by atoms with E-state index in [9.17, 15) is 19.8 Å². The Morgan fingerprint density at radius 1 is 1.06 bits per heavy atom. The van der Waals surface area contributed by atoms with Crippen LogP contribution in [0.25, 0.3) is 5.76 Å². The van der Waals surface area contributed by atoms with E-state index in [1.54, 1.807) is 24.3 Å². The van der Waals surface area contributed by atoms with Crippen molar-refractivity contribution in [1.82, 2.24) is 4.90 Å². The number of aryl methyl sites for hydroxylation is 1. The van der Waals surface area contributed by atoms with E-state index >= 15 is 0 Å². The summed E-state index contributed by atoms with van der Waals surface area (Å²) in [4.78, 5) is 27.4. The van der Waals surface area contributed by atoms with Crippen molar-refractivity contribution in [3.63, 3.8) is 0 Å². The SMILES string of the molecule is CCCCCCN1C(=O)C(=O)/C(=C(/O)c2ccc(C)cc2)[C@H]1c1ccc(O)c(OC)c1. The first-order valence-corrected chi connectivity index (χ1v) is 10.6. The Balaban J connectivity index is 2.10. The molecule has 0 radical (unpaired) electrons. The number of nitrogens with zero attached hydrogens (tertiary/aromatic N) is 1. The molecule has 1 fully saturated rings. The number of amides is 1. The number of unbranched alkanes of at least 4 members (excludes halogenated alkanes) is 3. The van der Waals surface area contributed by atoms with Crippen LogP contribution in [-0.4, -0.2) is 40.5 Å². The second-order valence-corrected chi connectivity index (χ2v) is 7.85. The lowest BCUT2D eigenvalue weighted by atomic mass is 9.94. The minimum absolute atomic E-state index is 0.0373. The maximum absolute atomic E-state index is 13.0. The molecule has 1 aliphatic heterocycles. The molecule has 0 aliphatic carbocycles. The van der Waals surface area contributed by atoms with Gasteiger partial charge in [-0.2, -0.15) is 0 Å². The van der Waals surface area contributed by atoms with E-state index in [-0.39, 0.29) is 22.8 Å². The van der Waals surface area contributed by atoms with E-state index < -0.39 is 17.7 Å². The van der Waals surface area contributed by atoms with Crippen LogP contribution in [0.3, 0.4) is 0 Å². The predicted octanol–water partition coefficient (Wildman–Crippen LogP) is 4.71. The molecule has 2 N–H and O–H groups in total. The van der Waals surface area contributed by atoms with Crippen molar-refractivity contribution in [3.05, 3.63) is 64.7 Å². The third-order valence-electron chi connectivity index (χ3n) is 5.64. The van der Waals surface area contributed by atoms with Crippen molar-refractivity contribution in [2.75, 3.05) is 13.7 Å². The van der Waals surface area contributed by atoms with Gasteiger partial charge in [0.2, 0.25) is 0 Å². The molecule has 0 bridgehead atoms. The van der Waals surface area contributed by atoms with Gasteiger partial charge in [-0.25, -0.2) is 0 Å². The Morgan fingerprint density at radius 3 is 2.42 bits per heavy atom. The summed E-state index contributed by atoms with van der Waals surface area (Å²) >= 11 is 0. The summed E-state index contributed by atoms with van der Waals surface area (Å²) in [5, 5.41) is 21.0. The molecular formula is C25H29NO5. The number of aliphatic hydroxyl groups excluding tert-OH is 1. The van der Waals surface area contributed by atoms with Crippen molar-refractivity contribution in [3.8, 4) is 11.5 Å². The van der Waals surface area contributed by atoms with E-state index in [1.807, 2.05) is 19.1 Å². The van der Waals surface area contributed by atoms with Gasteiger partial charge in [-0.1, -0.05) is 62.1 Å². The second kappa shape index (κ2) is 9.69. The number of aliphatic hydroxyl groups is 1. The lowest BCUT2D eigenvalue weighted by Gasteiger charge is -2.25. The molecule has 0 aromatic heterocycles. The standard InChI is InChI=1S/C25H29NO5/c1-4-5-6-7-14-26-22(18-12-13-19(27)20(15-18)31-3)21(24(29)25(26)30)23(28)17-10-8-16(2)9-11-17/h8-13,15,22,27-28H,4-7,14H2,1-3H3/b23-21+/t22-/m1/s1. The molecule has 1 atom stereocenters. The Bertz CT molecular complexity index is 993. The number of phenolic OH excluding ortho intramolecular Hbond substituents is 1. The fourth-order valence-electron chi connectivity index (χ4n) is 3.90. The number of hydrogen-bond donors (Lipinski definition) is 2. The van der Waals surface area contributed by atoms with Gasteiger partial charge in [0.05, 0.1) is 18.7 Å². The smallest absolute Gasteiger partial charge is 0.295 e. The molecule has 2 aromatic carbocycles. The lowest BCUT2D eigenvalue weighted by Crippen LogP contribution is -2.30. The molecule has 0 saturated carbocycles. The van der Waals surface area contributed by atoms with Crippen molar-refractivity contribution in [2.45, 2.75) is 45.6 Å². The average Bonchev–Trinajstić information content (AvgIpc) is 3.02. The highest BCUT2D eigenvalue weighted by atomic mass is 16.5. The number of phenols is 1. The van der Waals surface area contributed by atoms with Crippen molar-refractivity contribution in [1.29, 1.82) is 0 Å². The van der Waals surface area contributed by atoms with Crippen LogP contribution in [0.5, 0.6) is 11.5 Å². The maximum atomic E-state index is 13.0. The first-order valence-electron chi connectivity index (χ1n) is 10.6. The summed E-state index contributed by atoms with van der Waals surface area (Å²) in [6.07, 6.45) is 3.82. The van der Waals surface area contributed by atoms with Crippen molar-refractivity contribution >= 4 is 17.4 Å². The zero-order valence-electron chi connectivity index (χ0n) is 18.2. The number of aromatic hydroxyl groups is 1. The number of carbonyl (C=O) groups is 2. The third-order valence-corrected chi connectivity index (χ3v) is 5.64. The number of ketones is 1. The number of hydrogen-bond acceptors (Lipinski definition) is 5. The van der Waals surface area contributed by atoms with Crippen LogP contribution in [0.2, 0.25) is 0 Å². The summed E-state index contributed by atoms with van der Waals surface area (Å²) in [7, 11) is 1.44. The highest BCUT2D eigenvalue weighted by Gasteiger charge is 2.46. The number of methoxy groups -OCH3 is 1. The van der Waals surface area contributed by atoms with Crippen LogP contribution >= 0.6 is 0 Å². The van der Waals surface area contributed by atoms with Gasteiger partial charge in [-0.05, 0) is 31.0 Å². The van der Waals surface area contributed by atoms with Gasteiger partial charge < -0.3 is 19.8 Å². The minimum Gasteiger partial charge on any atom is -0.507 e. The van der Waals surface area contributed by atoms with E-state index in [0.29, 0.717) is 17.7 Å². The Labute approximate surface area is 182 Å². The molecule has 1 heterocycles. The molecule has 0 unspecified atom stereocenters. The molecular weight excluding hydrogens is 394 g/mol. The van der Waals surface area contributed by atoms with Crippen LogP contribution < -0.4 is 4.74 Å². The van der Waals surface area contributed by atoms with Crippen molar-refractivity contribution < 1.29 is 24.5 Å².